The van der Waals surface area contributed by atoms with Gasteiger partial charge in [-0.3, -0.25) is 14.9 Å². The molecule has 0 bridgehead atoms. The second kappa shape index (κ2) is 9.07. The van der Waals surface area contributed by atoms with Gasteiger partial charge in [0.05, 0.1) is 17.1 Å². The molecule has 7 nitrogen and oxygen atoms in total. The molecule has 170 valence electrons. The Morgan fingerprint density at radius 1 is 1.18 bits per heavy atom. The summed E-state index contributed by atoms with van der Waals surface area (Å²) < 4.78 is 0. The zero-order chi connectivity index (χ0) is 22.9. The minimum atomic E-state index is -0.224. The molecule has 1 aromatic carbocycles. The quantitative estimate of drug-likeness (QED) is 0.426. The van der Waals surface area contributed by atoms with Gasteiger partial charge in [0.2, 0.25) is 5.91 Å². The molecule has 1 saturated heterocycles. The van der Waals surface area contributed by atoms with E-state index < -0.39 is 0 Å². The van der Waals surface area contributed by atoms with E-state index in [1.54, 1.807) is 0 Å². The maximum Gasteiger partial charge on any atom is 0.276 e. The Hall–Kier alpha value is -3.04. The molecule has 1 fully saturated rings. The van der Waals surface area contributed by atoms with Crippen LogP contribution in [0.2, 0.25) is 0 Å². The van der Waals surface area contributed by atoms with E-state index in [9.17, 15) is 9.59 Å². The highest BCUT2D eigenvalue weighted by Crippen LogP contribution is 2.31. The first-order valence-electron chi connectivity index (χ1n) is 11.0. The Morgan fingerprint density at radius 3 is 2.73 bits per heavy atom. The number of likely N-dealkylation sites (tertiary alicyclic amines) is 1. The number of hydrogen-bond acceptors (Lipinski definition) is 6. The van der Waals surface area contributed by atoms with E-state index in [1.807, 2.05) is 54.6 Å². The third-order valence-electron chi connectivity index (χ3n) is 6.22. The van der Waals surface area contributed by atoms with Crippen LogP contribution in [0.1, 0.15) is 50.4 Å². The van der Waals surface area contributed by atoms with Crippen molar-refractivity contribution in [1.29, 1.82) is 0 Å². The third-order valence-corrected chi connectivity index (χ3v) is 8.21. The topological polar surface area (TPSA) is 91.0 Å². The van der Waals surface area contributed by atoms with Crippen molar-refractivity contribution in [3.05, 3.63) is 62.7 Å². The number of benzene rings is 1. The van der Waals surface area contributed by atoms with Gasteiger partial charge in [-0.15, -0.1) is 22.7 Å². The molecule has 0 radical (unpaired) electrons. The average molecular weight is 480 g/mol. The highest BCUT2D eigenvalue weighted by atomic mass is 32.1. The molecule has 4 aromatic rings. The van der Waals surface area contributed by atoms with Crippen molar-refractivity contribution in [1.82, 2.24) is 19.9 Å². The molecule has 2 N–H and O–H groups in total. The van der Waals surface area contributed by atoms with Gasteiger partial charge < -0.3 is 9.88 Å². The highest BCUT2D eigenvalue weighted by Gasteiger charge is 2.27. The van der Waals surface area contributed by atoms with Crippen LogP contribution in [0.5, 0.6) is 0 Å². The Morgan fingerprint density at radius 2 is 1.97 bits per heavy atom. The van der Waals surface area contributed by atoms with Crippen LogP contribution in [-0.4, -0.2) is 44.8 Å². The summed E-state index contributed by atoms with van der Waals surface area (Å²) in [6.07, 6.45) is 4.07. The molecule has 4 heterocycles. The van der Waals surface area contributed by atoms with Crippen LogP contribution < -0.4 is 5.32 Å². The second-order valence-corrected chi connectivity index (χ2v) is 10.5. The fourth-order valence-electron chi connectivity index (χ4n) is 4.20. The number of aryl methyl sites for hydroxylation is 2. The summed E-state index contributed by atoms with van der Waals surface area (Å²) in [6.45, 7) is 5.34. The van der Waals surface area contributed by atoms with Crippen molar-refractivity contribution < 1.29 is 9.59 Å². The van der Waals surface area contributed by atoms with E-state index in [0.717, 1.165) is 44.9 Å². The van der Waals surface area contributed by atoms with Gasteiger partial charge in [0.25, 0.3) is 5.91 Å². The lowest BCUT2D eigenvalue weighted by Gasteiger charge is -2.31. The minimum Gasteiger partial charge on any atom is -0.361 e. The van der Waals surface area contributed by atoms with E-state index >= 15 is 0 Å². The first kappa shape index (κ1) is 21.8. The molecule has 1 aliphatic rings. The summed E-state index contributed by atoms with van der Waals surface area (Å²) >= 11 is 2.99. The number of carbonyl (C=O) groups is 2. The number of piperidine rings is 1. The lowest BCUT2D eigenvalue weighted by molar-refractivity contribution is -0.131. The maximum atomic E-state index is 12.9. The number of aromatic amines is 1. The summed E-state index contributed by atoms with van der Waals surface area (Å²) in [5.41, 5.74) is 3.46. The molecule has 3 aromatic heterocycles. The number of fused-ring (bicyclic) bond motifs is 1. The molecular formula is C24H25N5O2S2. The number of para-hydroxylation sites is 1. The minimum absolute atomic E-state index is 0.159. The number of nitrogens with zero attached hydrogens (tertiary/aromatic N) is 3. The van der Waals surface area contributed by atoms with Crippen molar-refractivity contribution in [2.45, 2.75) is 39.0 Å². The summed E-state index contributed by atoms with van der Waals surface area (Å²) in [6, 6.07) is 8.06. The molecule has 0 unspecified atom stereocenters. The van der Waals surface area contributed by atoms with Crippen molar-refractivity contribution in [2.24, 2.45) is 0 Å². The van der Waals surface area contributed by atoms with Crippen molar-refractivity contribution in [3.8, 4) is 0 Å². The van der Waals surface area contributed by atoms with E-state index in [1.165, 1.54) is 22.7 Å². The number of carbonyl (C=O) groups excluding carboxylic acids is 2. The number of amides is 2. The fourth-order valence-corrected chi connectivity index (χ4v) is 5.98. The van der Waals surface area contributed by atoms with Crippen LogP contribution in [0.25, 0.3) is 10.9 Å². The normalized spacial score (nSPS) is 14.7. The Bertz CT molecular complexity index is 1290. The van der Waals surface area contributed by atoms with Crippen LogP contribution in [0, 0.1) is 13.8 Å². The number of hydrogen-bond donors (Lipinski definition) is 2. The first-order valence-corrected chi connectivity index (χ1v) is 12.7. The smallest absolute Gasteiger partial charge is 0.276 e. The van der Waals surface area contributed by atoms with Gasteiger partial charge in [-0.1, -0.05) is 18.2 Å². The summed E-state index contributed by atoms with van der Waals surface area (Å²) in [5.74, 6) is 0.210. The van der Waals surface area contributed by atoms with Crippen molar-refractivity contribution in [3.63, 3.8) is 0 Å². The highest BCUT2D eigenvalue weighted by molar-refractivity contribution is 7.15. The first-order chi connectivity index (χ1) is 16.0. The number of rotatable bonds is 5. The Labute approximate surface area is 199 Å². The number of thiazole rings is 2. The number of aromatic nitrogens is 3. The number of nitrogens with one attached hydrogen (secondary N) is 2. The zero-order valence-electron chi connectivity index (χ0n) is 18.6. The molecule has 2 amide bonds. The second-order valence-electron chi connectivity index (χ2n) is 8.38. The number of anilines is 1. The molecule has 0 atom stereocenters. The number of H-pyrrole nitrogens is 1. The lowest BCUT2D eigenvalue weighted by Crippen LogP contribution is -2.38. The molecule has 0 saturated carbocycles. The van der Waals surface area contributed by atoms with Crippen molar-refractivity contribution in [2.75, 3.05) is 18.4 Å². The Kier molecular flexibility index (Phi) is 5.99. The van der Waals surface area contributed by atoms with E-state index in [0.29, 0.717) is 30.3 Å². The van der Waals surface area contributed by atoms with Gasteiger partial charge in [0, 0.05) is 46.4 Å². The van der Waals surface area contributed by atoms with Gasteiger partial charge >= 0.3 is 0 Å². The van der Waals surface area contributed by atoms with E-state index in [-0.39, 0.29) is 17.7 Å². The predicted molar refractivity (Wildman–Crippen MR) is 132 cm³/mol. The third kappa shape index (κ3) is 4.56. The van der Waals surface area contributed by atoms with Gasteiger partial charge in [-0.2, -0.15) is 0 Å². The summed E-state index contributed by atoms with van der Waals surface area (Å²) in [5, 5.41) is 7.34. The van der Waals surface area contributed by atoms with Gasteiger partial charge in [0.1, 0.15) is 5.69 Å². The molecular weight excluding hydrogens is 454 g/mol. The fraction of sp³-hybridized carbons (Fsp3) is 0.333. The van der Waals surface area contributed by atoms with Crippen LogP contribution in [-0.2, 0) is 11.2 Å². The molecule has 33 heavy (non-hydrogen) atoms. The largest absolute Gasteiger partial charge is 0.361 e. The van der Waals surface area contributed by atoms with Gasteiger partial charge in [-0.05, 0) is 38.3 Å². The monoisotopic (exact) mass is 479 g/mol. The predicted octanol–water partition coefficient (Wildman–Crippen LogP) is 4.90. The van der Waals surface area contributed by atoms with Crippen LogP contribution in [0.3, 0.4) is 0 Å². The summed E-state index contributed by atoms with van der Waals surface area (Å²) in [7, 11) is 0. The maximum absolute atomic E-state index is 12.9. The van der Waals surface area contributed by atoms with Crippen LogP contribution in [0.4, 0.5) is 5.13 Å². The van der Waals surface area contributed by atoms with Crippen LogP contribution >= 0.6 is 22.7 Å². The average Bonchev–Trinajstić information content (AvgIpc) is 3.54. The molecule has 9 heteroatoms. The van der Waals surface area contributed by atoms with E-state index in [2.05, 4.69) is 20.3 Å². The summed E-state index contributed by atoms with van der Waals surface area (Å²) in [4.78, 5) is 40.7. The van der Waals surface area contributed by atoms with Crippen molar-refractivity contribution >= 4 is 50.5 Å². The molecule has 0 aliphatic carbocycles. The standard InChI is InChI=1S/C24H25N5O2S2/c1-14-15(2)33-24(26-14)28-22(31)20-13-32-23(27-20)16-7-9-29(10-8-16)21(30)11-17-12-25-19-6-4-3-5-18(17)19/h3-6,12-13,16,25H,7-11H2,1-2H3,(H,26,28,31). The van der Waals surface area contributed by atoms with Gasteiger partial charge in [-0.25, -0.2) is 9.97 Å². The lowest BCUT2D eigenvalue weighted by atomic mass is 9.97. The molecule has 5 rings (SSSR count). The van der Waals surface area contributed by atoms with Crippen LogP contribution in [0.15, 0.2) is 35.8 Å². The zero-order valence-corrected chi connectivity index (χ0v) is 20.2. The molecule has 0 spiro atoms. The Balaban J connectivity index is 1.17. The van der Waals surface area contributed by atoms with E-state index in [4.69, 9.17) is 0 Å². The molecule has 1 aliphatic heterocycles. The van der Waals surface area contributed by atoms with Gasteiger partial charge in [0.15, 0.2) is 5.13 Å². The SMILES string of the molecule is Cc1nc(NC(=O)c2csc(C3CCN(C(=O)Cc4c[nH]c5ccccc45)CC3)n2)sc1C.